The fourth-order valence-corrected chi connectivity index (χ4v) is 3.50. The van der Waals surface area contributed by atoms with Crippen LogP contribution in [0.2, 0.25) is 0 Å². The largest absolute Gasteiger partial charge is 0.368 e. The van der Waals surface area contributed by atoms with Crippen LogP contribution < -0.4 is 11.1 Å². The Labute approximate surface area is 121 Å². The number of carbonyl (C=O) groups is 1. The molecule has 1 amide bonds. The third kappa shape index (κ3) is 2.45. The molecule has 0 aromatic heterocycles. The van der Waals surface area contributed by atoms with Crippen molar-refractivity contribution in [3.05, 3.63) is 34.4 Å². The van der Waals surface area contributed by atoms with Crippen LogP contribution in [0.1, 0.15) is 29.2 Å². The molecule has 1 unspecified atom stereocenters. The van der Waals surface area contributed by atoms with Gasteiger partial charge in [0.05, 0.1) is 0 Å². The highest BCUT2D eigenvalue weighted by Crippen LogP contribution is 2.34. The van der Waals surface area contributed by atoms with Gasteiger partial charge in [-0.25, -0.2) is 0 Å². The third-order valence-corrected chi connectivity index (χ3v) is 4.39. The van der Waals surface area contributed by atoms with E-state index in [4.69, 9.17) is 5.73 Å². The number of nitrogens with one attached hydrogen (secondary N) is 1. The minimum absolute atomic E-state index is 0.269. The van der Waals surface area contributed by atoms with E-state index in [-0.39, 0.29) is 5.91 Å². The van der Waals surface area contributed by atoms with Gasteiger partial charge in [0.15, 0.2) is 0 Å². The Kier molecular flexibility index (Phi) is 4.16. The van der Waals surface area contributed by atoms with Gasteiger partial charge in [-0.2, -0.15) is 0 Å². The molecule has 1 aliphatic heterocycles. The molecule has 3 N–H and O–H groups in total. The van der Waals surface area contributed by atoms with Gasteiger partial charge in [-0.15, -0.1) is 0 Å². The molecule has 0 aliphatic carbocycles. The standard InChI is InChI=1S/C16H25N3O/c1-11-9-12(2)14(13(3)10-11)16(4,15(17)20)19-7-5-18-6-8-19/h9-10,18H,5-8H2,1-4H3,(H2,17,20). The predicted molar refractivity (Wildman–Crippen MR) is 81.6 cm³/mol. The van der Waals surface area contributed by atoms with Gasteiger partial charge in [-0.3, -0.25) is 9.69 Å². The lowest BCUT2D eigenvalue weighted by atomic mass is 9.82. The van der Waals surface area contributed by atoms with Crippen molar-refractivity contribution in [1.82, 2.24) is 10.2 Å². The number of nitrogens with zero attached hydrogens (tertiary/aromatic N) is 1. The van der Waals surface area contributed by atoms with E-state index in [1.54, 1.807) is 0 Å². The van der Waals surface area contributed by atoms with Gasteiger partial charge in [0, 0.05) is 26.2 Å². The third-order valence-electron chi connectivity index (χ3n) is 4.39. The van der Waals surface area contributed by atoms with Crippen LogP contribution in [0.4, 0.5) is 0 Å². The molecule has 0 radical (unpaired) electrons. The minimum atomic E-state index is -0.732. The molecule has 20 heavy (non-hydrogen) atoms. The van der Waals surface area contributed by atoms with Crippen LogP contribution in [-0.2, 0) is 10.3 Å². The van der Waals surface area contributed by atoms with Crippen molar-refractivity contribution in [1.29, 1.82) is 0 Å². The lowest BCUT2D eigenvalue weighted by Gasteiger charge is -2.43. The second-order valence-electron chi connectivity index (χ2n) is 5.95. The van der Waals surface area contributed by atoms with Crippen LogP contribution in [-0.4, -0.2) is 37.0 Å². The summed E-state index contributed by atoms with van der Waals surface area (Å²) in [5.74, 6) is -0.269. The molecular weight excluding hydrogens is 250 g/mol. The number of rotatable bonds is 3. The molecule has 1 saturated heterocycles. The molecule has 0 spiro atoms. The molecule has 1 aromatic rings. The van der Waals surface area contributed by atoms with Crippen LogP contribution in [0.25, 0.3) is 0 Å². The first-order chi connectivity index (χ1) is 9.37. The summed E-state index contributed by atoms with van der Waals surface area (Å²) in [5, 5.41) is 3.32. The summed E-state index contributed by atoms with van der Waals surface area (Å²) in [4.78, 5) is 14.5. The number of amides is 1. The summed E-state index contributed by atoms with van der Waals surface area (Å²) < 4.78 is 0. The molecular formula is C16H25N3O. The van der Waals surface area contributed by atoms with Gasteiger partial charge in [0.1, 0.15) is 5.54 Å². The Morgan fingerprint density at radius 1 is 1.20 bits per heavy atom. The zero-order valence-electron chi connectivity index (χ0n) is 12.9. The van der Waals surface area contributed by atoms with E-state index in [0.717, 1.165) is 42.9 Å². The Bertz CT molecular complexity index is 497. The molecule has 4 heteroatoms. The maximum Gasteiger partial charge on any atom is 0.242 e. The minimum Gasteiger partial charge on any atom is -0.368 e. The first-order valence-electron chi connectivity index (χ1n) is 7.21. The molecule has 0 saturated carbocycles. The van der Waals surface area contributed by atoms with Gasteiger partial charge in [0.2, 0.25) is 5.91 Å². The highest BCUT2D eigenvalue weighted by molar-refractivity contribution is 5.86. The number of piperazine rings is 1. The fourth-order valence-electron chi connectivity index (χ4n) is 3.50. The van der Waals surface area contributed by atoms with Crippen molar-refractivity contribution in [2.24, 2.45) is 5.73 Å². The summed E-state index contributed by atoms with van der Waals surface area (Å²) in [6.07, 6.45) is 0. The van der Waals surface area contributed by atoms with Crippen molar-refractivity contribution in [3.63, 3.8) is 0 Å². The van der Waals surface area contributed by atoms with Crippen LogP contribution in [0.15, 0.2) is 12.1 Å². The summed E-state index contributed by atoms with van der Waals surface area (Å²) in [7, 11) is 0. The van der Waals surface area contributed by atoms with E-state index in [1.165, 1.54) is 5.56 Å². The molecule has 4 nitrogen and oxygen atoms in total. The molecule has 1 atom stereocenters. The monoisotopic (exact) mass is 275 g/mol. The van der Waals surface area contributed by atoms with Gasteiger partial charge >= 0.3 is 0 Å². The molecule has 1 heterocycles. The van der Waals surface area contributed by atoms with Gasteiger partial charge < -0.3 is 11.1 Å². The smallest absolute Gasteiger partial charge is 0.242 e. The zero-order chi connectivity index (χ0) is 14.9. The molecule has 2 rings (SSSR count). The average molecular weight is 275 g/mol. The van der Waals surface area contributed by atoms with Crippen molar-refractivity contribution in [2.75, 3.05) is 26.2 Å². The van der Waals surface area contributed by atoms with Gasteiger partial charge in [-0.05, 0) is 44.4 Å². The quantitative estimate of drug-likeness (QED) is 0.872. The first-order valence-corrected chi connectivity index (χ1v) is 7.21. The Morgan fingerprint density at radius 3 is 2.15 bits per heavy atom. The SMILES string of the molecule is Cc1cc(C)c(C(C)(C(N)=O)N2CCNCC2)c(C)c1. The van der Waals surface area contributed by atoms with Crippen molar-refractivity contribution < 1.29 is 4.79 Å². The van der Waals surface area contributed by atoms with Gasteiger partial charge in [0.25, 0.3) is 0 Å². The average Bonchev–Trinajstić information content (AvgIpc) is 2.38. The number of carbonyl (C=O) groups excluding carboxylic acids is 1. The van der Waals surface area contributed by atoms with Crippen LogP contribution >= 0.6 is 0 Å². The summed E-state index contributed by atoms with van der Waals surface area (Å²) >= 11 is 0. The molecule has 1 fully saturated rings. The van der Waals surface area contributed by atoms with Crippen molar-refractivity contribution >= 4 is 5.91 Å². The Balaban J connectivity index is 2.55. The number of primary amides is 1. The van der Waals surface area contributed by atoms with Crippen LogP contribution in [0, 0.1) is 20.8 Å². The number of nitrogens with two attached hydrogens (primary N) is 1. The number of hydrogen-bond acceptors (Lipinski definition) is 3. The lowest BCUT2D eigenvalue weighted by Crippen LogP contribution is -2.59. The topological polar surface area (TPSA) is 58.4 Å². The highest BCUT2D eigenvalue weighted by Gasteiger charge is 2.41. The van der Waals surface area contributed by atoms with Crippen LogP contribution in [0.3, 0.4) is 0 Å². The molecule has 1 aliphatic rings. The Hall–Kier alpha value is -1.39. The summed E-state index contributed by atoms with van der Waals surface area (Å²) in [6.45, 7) is 11.6. The highest BCUT2D eigenvalue weighted by atomic mass is 16.1. The number of aryl methyl sites for hydroxylation is 3. The van der Waals surface area contributed by atoms with E-state index in [9.17, 15) is 4.79 Å². The second kappa shape index (κ2) is 5.54. The van der Waals surface area contributed by atoms with E-state index >= 15 is 0 Å². The normalized spacial score (nSPS) is 19.6. The van der Waals surface area contributed by atoms with E-state index in [0.29, 0.717) is 0 Å². The lowest BCUT2D eigenvalue weighted by molar-refractivity contribution is -0.130. The predicted octanol–water partition coefficient (Wildman–Crippen LogP) is 1.22. The van der Waals surface area contributed by atoms with E-state index in [2.05, 4.69) is 43.1 Å². The number of hydrogen-bond donors (Lipinski definition) is 2. The zero-order valence-corrected chi connectivity index (χ0v) is 12.9. The molecule has 110 valence electrons. The number of benzene rings is 1. The van der Waals surface area contributed by atoms with Crippen molar-refractivity contribution in [3.8, 4) is 0 Å². The van der Waals surface area contributed by atoms with E-state index in [1.807, 2.05) is 6.92 Å². The first kappa shape index (κ1) is 15.0. The maximum atomic E-state index is 12.3. The molecule has 1 aromatic carbocycles. The fraction of sp³-hybridized carbons (Fsp3) is 0.562. The van der Waals surface area contributed by atoms with E-state index < -0.39 is 5.54 Å². The summed E-state index contributed by atoms with van der Waals surface area (Å²) in [6, 6.07) is 4.26. The van der Waals surface area contributed by atoms with Gasteiger partial charge in [-0.1, -0.05) is 17.7 Å². The maximum absolute atomic E-state index is 12.3. The summed E-state index contributed by atoms with van der Waals surface area (Å²) in [5.41, 5.74) is 9.64. The second-order valence-corrected chi connectivity index (χ2v) is 5.95. The molecule has 0 bridgehead atoms. The Morgan fingerprint density at radius 2 is 1.70 bits per heavy atom. The van der Waals surface area contributed by atoms with Crippen molar-refractivity contribution in [2.45, 2.75) is 33.2 Å². The van der Waals surface area contributed by atoms with Crippen LogP contribution in [0.5, 0.6) is 0 Å².